The van der Waals surface area contributed by atoms with Gasteiger partial charge in [-0.25, -0.2) is 14.2 Å². The number of ether oxygens (including phenoxy) is 2. The zero-order valence-corrected chi connectivity index (χ0v) is 14.2. The second-order valence-electron chi connectivity index (χ2n) is 5.53. The molecule has 0 aliphatic carbocycles. The molecule has 1 aliphatic heterocycles. The molecule has 2 rings (SSSR count). The third-order valence-corrected chi connectivity index (χ3v) is 3.08. The van der Waals surface area contributed by atoms with E-state index in [1.165, 1.54) is 38.1 Å². The summed E-state index contributed by atoms with van der Waals surface area (Å²) in [5, 5.41) is -0.00938. The number of halogens is 2. The first-order valence-corrected chi connectivity index (χ1v) is 7.55. The number of benzene rings is 1. The van der Waals surface area contributed by atoms with Gasteiger partial charge in [-0.2, -0.15) is 0 Å². The SMILES string of the molecule is CC1(C)OC(=O)C(=CC(=O)N(Cc2ccc(F)cc2)OCC(=O)Cl)O1. The van der Waals surface area contributed by atoms with E-state index in [4.69, 9.17) is 25.9 Å². The molecule has 25 heavy (non-hydrogen) atoms. The molecule has 0 spiro atoms. The molecule has 134 valence electrons. The van der Waals surface area contributed by atoms with Crippen molar-refractivity contribution in [2.24, 2.45) is 0 Å². The number of amides is 1. The number of carbonyl (C=O) groups is 3. The molecule has 1 amide bonds. The molecule has 0 atom stereocenters. The van der Waals surface area contributed by atoms with Crippen LogP contribution in [-0.4, -0.2) is 34.6 Å². The largest absolute Gasteiger partial charge is 0.445 e. The lowest BCUT2D eigenvalue weighted by atomic mass is 10.2. The molecule has 1 heterocycles. The number of hydrogen-bond donors (Lipinski definition) is 0. The van der Waals surface area contributed by atoms with E-state index >= 15 is 0 Å². The maximum absolute atomic E-state index is 13.0. The Bertz CT molecular complexity index is 716. The Kier molecular flexibility index (Phi) is 5.76. The average Bonchev–Trinajstić information content (AvgIpc) is 2.77. The van der Waals surface area contributed by atoms with Crippen LogP contribution in [0.2, 0.25) is 0 Å². The van der Waals surface area contributed by atoms with E-state index < -0.39 is 35.3 Å². The highest BCUT2D eigenvalue weighted by Crippen LogP contribution is 2.26. The van der Waals surface area contributed by atoms with E-state index in [-0.39, 0.29) is 12.3 Å². The van der Waals surface area contributed by atoms with E-state index in [0.717, 1.165) is 11.1 Å². The Morgan fingerprint density at radius 3 is 2.44 bits per heavy atom. The molecule has 1 aliphatic rings. The first-order chi connectivity index (χ1) is 11.7. The number of nitrogens with zero attached hydrogens (tertiary/aromatic N) is 1. The highest BCUT2D eigenvalue weighted by molar-refractivity contribution is 6.63. The van der Waals surface area contributed by atoms with Gasteiger partial charge < -0.3 is 9.47 Å². The lowest BCUT2D eigenvalue weighted by Crippen LogP contribution is -2.31. The van der Waals surface area contributed by atoms with Crippen LogP contribution >= 0.6 is 11.6 Å². The van der Waals surface area contributed by atoms with E-state index in [1.807, 2.05) is 0 Å². The summed E-state index contributed by atoms with van der Waals surface area (Å²) in [5.41, 5.74) is 0.533. The predicted molar refractivity (Wildman–Crippen MR) is 83.1 cm³/mol. The van der Waals surface area contributed by atoms with E-state index in [9.17, 15) is 18.8 Å². The maximum Gasteiger partial charge on any atom is 0.377 e. The van der Waals surface area contributed by atoms with Gasteiger partial charge in [0.1, 0.15) is 12.4 Å². The Morgan fingerprint density at radius 1 is 1.28 bits per heavy atom. The van der Waals surface area contributed by atoms with Crippen molar-refractivity contribution < 1.29 is 33.1 Å². The second kappa shape index (κ2) is 7.62. The van der Waals surface area contributed by atoms with Crippen LogP contribution in [0.1, 0.15) is 19.4 Å². The summed E-state index contributed by atoms with van der Waals surface area (Å²) in [6.07, 6.45) is 0.888. The van der Waals surface area contributed by atoms with Gasteiger partial charge in [0.25, 0.3) is 5.91 Å². The normalized spacial score (nSPS) is 17.1. The van der Waals surface area contributed by atoms with Gasteiger partial charge >= 0.3 is 5.97 Å². The summed E-state index contributed by atoms with van der Waals surface area (Å²) < 4.78 is 23.1. The summed E-state index contributed by atoms with van der Waals surface area (Å²) in [7, 11) is 0. The summed E-state index contributed by atoms with van der Waals surface area (Å²) >= 11 is 5.22. The van der Waals surface area contributed by atoms with Crippen LogP contribution in [-0.2, 0) is 35.2 Å². The first kappa shape index (κ1) is 18.9. The number of rotatable bonds is 6. The molecule has 0 bridgehead atoms. The van der Waals surface area contributed by atoms with Gasteiger partial charge in [0.15, 0.2) is 0 Å². The van der Waals surface area contributed by atoms with Crippen LogP contribution < -0.4 is 0 Å². The Morgan fingerprint density at radius 2 is 1.92 bits per heavy atom. The standard InChI is InChI=1S/C16H15ClFNO6/c1-16(2)24-12(15(22)25-16)7-14(21)19(23-9-13(17)20)8-10-3-5-11(18)6-4-10/h3-7H,8-9H2,1-2H3. The lowest BCUT2D eigenvalue weighted by Gasteiger charge is -2.20. The third kappa shape index (κ3) is 5.54. The quantitative estimate of drug-likeness (QED) is 0.329. The van der Waals surface area contributed by atoms with Gasteiger partial charge in [0, 0.05) is 13.8 Å². The molecule has 1 saturated heterocycles. The minimum atomic E-state index is -1.18. The molecule has 9 heteroatoms. The average molecular weight is 372 g/mol. The van der Waals surface area contributed by atoms with Gasteiger partial charge in [0.05, 0.1) is 12.6 Å². The highest BCUT2D eigenvalue weighted by atomic mass is 35.5. The fourth-order valence-electron chi connectivity index (χ4n) is 1.94. The number of carbonyl (C=O) groups excluding carboxylic acids is 3. The van der Waals surface area contributed by atoms with Crippen LogP contribution in [0.25, 0.3) is 0 Å². The van der Waals surface area contributed by atoms with Gasteiger partial charge in [0.2, 0.25) is 16.8 Å². The van der Waals surface area contributed by atoms with Crippen LogP contribution in [0.5, 0.6) is 0 Å². The molecule has 0 radical (unpaired) electrons. The zero-order valence-electron chi connectivity index (χ0n) is 13.5. The smallest absolute Gasteiger partial charge is 0.377 e. The summed E-state index contributed by atoms with van der Waals surface area (Å²) in [4.78, 5) is 40.0. The lowest BCUT2D eigenvalue weighted by molar-refractivity contribution is -0.184. The molecule has 0 saturated carbocycles. The van der Waals surface area contributed by atoms with Crippen molar-refractivity contribution in [2.45, 2.75) is 26.2 Å². The van der Waals surface area contributed by atoms with Crippen molar-refractivity contribution >= 4 is 28.7 Å². The topological polar surface area (TPSA) is 82.1 Å². The summed E-state index contributed by atoms with van der Waals surface area (Å²) in [6, 6.07) is 5.31. The van der Waals surface area contributed by atoms with Gasteiger partial charge in [-0.05, 0) is 29.3 Å². The number of cyclic esters (lactones) is 1. The zero-order chi connectivity index (χ0) is 18.6. The third-order valence-electron chi connectivity index (χ3n) is 2.97. The Hall–Kier alpha value is -2.45. The molecule has 7 nitrogen and oxygen atoms in total. The summed E-state index contributed by atoms with van der Waals surface area (Å²) in [6.45, 7) is 2.35. The maximum atomic E-state index is 13.0. The minimum absolute atomic E-state index is 0.106. The number of hydroxylamine groups is 2. The van der Waals surface area contributed by atoms with Crippen LogP contribution in [0, 0.1) is 5.82 Å². The number of hydrogen-bond acceptors (Lipinski definition) is 6. The first-order valence-electron chi connectivity index (χ1n) is 7.17. The second-order valence-corrected chi connectivity index (χ2v) is 5.95. The predicted octanol–water partition coefficient (Wildman–Crippen LogP) is 2.04. The van der Waals surface area contributed by atoms with Crippen molar-refractivity contribution in [2.75, 3.05) is 6.61 Å². The van der Waals surface area contributed by atoms with Crippen LogP contribution in [0.3, 0.4) is 0 Å². The monoisotopic (exact) mass is 371 g/mol. The van der Waals surface area contributed by atoms with E-state index in [1.54, 1.807) is 0 Å². The van der Waals surface area contributed by atoms with Gasteiger partial charge in [-0.3, -0.25) is 14.4 Å². The van der Waals surface area contributed by atoms with Crippen LogP contribution in [0.15, 0.2) is 36.1 Å². The summed E-state index contributed by atoms with van der Waals surface area (Å²) in [5.74, 6) is -3.48. The van der Waals surface area contributed by atoms with Crippen molar-refractivity contribution in [3.63, 3.8) is 0 Å². The molecular weight excluding hydrogens is 357 g/mol. The molecule has 1 fully saturated rings. The Balaban J connectivity index is 2.16. The van der Waals surface area contributed by atoms with Gasteiger partial charge in [-0.1, -0.05) is 12.1 Å². The van der Waals surface area contributed by atoms with Crippen molar-refractivity contribution in [1.29, 1.82) is 0 Å². The van der Waals surface area contributed by atoms with E-state index in [2.05, 4.69) is 0 Å². The fourth-order valence-corrected chi connectivity index (χ4v) is 1.99. The van der Waals surface area contributed by atoms with Crippen molar-refractivity contribution in [3.8, 4) is 0 Å². The van der Waals surface area contributed by atoms with Gasteiger partial charge in [-0.15, -0.1) is 0 Å². The Labute approximate surface area is 147 Å². The molecule has 1 aromatic rings. The number of esters is 1. The molecule has 0 unspecified atom stereocenters. The molecule has 0 aromatic heterocycles. The van der Waals surface area contributed by atoms with Crippen molar-refractivity contribution in [1.82, 2.24) is 5.06 Å². The highest BCUT2D eigenvalue weighted by Gasteiger charge is 2.38. The van der Waals surface area contributed by atoms with E-state index in [0.29, 0.717) is 5.56 Å². The minimum Gasteiger partial charge on any atom is -0.445 e. The molecular formula is C16H15ClFNO6. The molecule has 1 aromatic carbocycles. The molecule has 0 N–H and O–H groups in total. The van der Waals surface area contributed by atoms with Crippen molar-refractivity contribution in [3.05, 3.63) is 47.5 Å². The fraction of sp³-hybridized carbons (Fsp3) is 0.312. The van der Waals surface area contributed by atoms with Crippen LogP contribution in [0.4, 0.5) is 4.39 Å².